The van der Waals surface area contributed by atoms with E-state index in [-0.39, 0.29) is 0 Å². The summed E-state index contributed by atoms with van der Waals surface area (Å²) in [6.07, 6.45) is -7.90. The Bertz CT molecular complexity index is 1090. The van der Waals surface area contributed by atoms with Crippen LogP contribution in [0.5, 0.6) is 11.5 Å². The molecule has 0 radical (unpaired) electrons. The molecule has 0 aliphatic heterocycles. The molecule has 216 valence electrons. The van der Waals surface area contributed by atoms with E-state index in [1.807, 2.05) is 0 Å². The van der Waals surface area contributed by atoms with Gasteiger partial charge in [0.2, 0.25) is 0 Å². The Morgan fingerprint density at radius 2 is 0.865 bits per heavy atom. The maximum atomic E-state index is 14.0. The largest absolute Gasteiger partial charge is 0.493 e. The third-order valence-corrected chi connectivity index (χ3v) is 5.56. The van der Waals surface area contributed by atoms with Crippen LogP contribution in [0.3, 0.4) is 0 Å². The highest BCUT2D eigenvalue weighted by Crippen LogP contribution is 2.64. The fraction of sp³-hybridized carbons (Fsp3) is 0.600. The van der Waals surface area contributed by atoms with Gasteiger partial charge in [0.05, 0.1) is 7.11 Å². The summed E-state index contributed by atoms with van der Waals surface area (Å²) in [6, 6.07) is 2.62. The van der Waals surface area contributed by atoms with Crippen molar-refractivity contribution in [3.05, 3.63) is 24.3 Å². The second-order valence-corrected chi connectivity index (χ2v) is 8.24. The molecule has 0 spiro atoms. The van der Waals surface area contributed by atoms with Crippen LogP contribution in [0.4, 0.5) is 74.6 Å². The summed E-state index contributed by atoms with van der Waals surface area (Å²) >= 11 is 0. The summed E-state index contributed by atoms with van der Waals surface area (Å²) < 4.78 is 256. The highest BCUT2D eigenvalue weighted by atomic mass is 32.2. The number of alkyl halides is 17. The first-order chi connectivity index (χ1) is 16.0. The van der Waals surface area contributed by atoms with Gasteiger partial charge in [0.25, 0.3) is 0 Å². The Balaban J connectivity index is 3.72. The topological polar surface area (TPSA) is 52.6 Å². The van der Waals surface area contributed by atoms with Crippen molar-refractivity contribution in [3.63, 3.8) is 0 Å². The summed E-state index contributed by atoms with van der Waals surface area (Å²) in [5, 5.41) is -7.77. The zero-order valence-electron chi connectivity index (χ0n) is 16.8. The van der Waals surface area contributed by atoms with Crippen molar-refractivity contribution < 1.29 is 92.0 Å². The van der Waals surface area contributed by atoms with Crippen molar-refractivity contribution in [1.82, 2.24) is 0 Å². The molecule has 0 aliphatic rings. The van der Waals surface area contributed by atoms with Crippen LogP contribution < -0.4 is 8.92 Å². The Kier molecular flexibility index (Phi) is 7.77. The smallest absolute Gasteiger partial charge is 0.460 e. The van der Waals surface area contributed by atoms with Gasteiger partial charge >= 0.3 is 57.1 Å². The molecule has 4 nitrogen and oxygen atoms in total. The van der Waals surface area contributed by atoms with Crippen LogP contribution in [0.15, 0.2) is 24.3 Å². The zero-order chi connectivity index (χ0) is 29.9. The first kappa shape index (κ1) is 32.6. The fourth-order valence-electron chi connectivity index (χ4n) is 2.16. The molecule has 22 heteroatoms. The number of methoxy groups -OCH3 is 1. The van der Waals surface area contributed by atoms with Gasteiger partial charge < -0.3 is 8.92 Å². The van der Waals surface area contributed by atoms with Crippen LogP contribution in [0.2, 0.25) is 0 Å². The van der Waals surface area contributed by atoms with Crippen molar-refractivity contribution in [2.45, 2.75) is 47.0 Å². The number of hydrogen-bond acceptors (Lipinski definition) is 4. The molecule has 1 rings (SSSR count). The van der Waals surface area contributed by atoms with E-state index in [4.69, 9.17) is 0 Å². The number of para-hydroxylation sites is 2. The number of ether oxygens (including phenoxy) is 1. The van der Waals surface area contributed by atoms with Gasteiger partial charge in [0.1, 0.15) is 0 Å². The normalized spacial score (nSPS) is 15.5. The van der Waals surface area contributed by atoms with Crippen molar-refractivity contribution in [2.24, 2.45) is 0 Å². The molecule has 0 aliphatic carbocycles. The molecule has 37 heavy (non-hydrogen) atoms. The third kappa shape index (κ3) is 4.37. The van der Waals surface area contributed by atoms with Gasteiger partial charge in [-0.25, -0.2) is 0 Å². The van der Waals surface area contributed by atoms with E-state index >= 15 is 0 Å². The molecule has 0 unspecified atom stereocenters. The van der Waals surface area contributed by atoms with Gasteiger partial charge in [-0.3, -0.25) is 0 Å². The lowest BCUT2D eigenvalue weighted by Crippen LogP contribution is -2.75. The second-order valence-electron chi connectivity index (χ2n) is 6.65. The average Bonchev–Trinajstić information content (AvgIpc) is 2.71. The fourth-order valence-corrected chi connectivity index (χ4v) is 3.09. The Labute approximate surface area is 193 Å². The molecule has 0 fully saturated rings. The van der Waals surface area contributed by atoms with Crippen LogP contribution in [0.1, 0.15) is 0 Å². The molecule has 0 amide bonds. The average molecular weight is 606 g/mol. The highest BCUT2D eigenvalue weighted by Gasteiger charge is 2.96. The van der Waals surface area contributed by atoms with Crippen molar-refractivity contribution >= 4 is 10.1 Å². The lowest BCUT2D eigenvalue weighted by Gasteiger charge is -2.42. The number of benzene rings is 1. The van der Waals surface area contributed by atoms with Gasteiger partial charge in [0.15, 0.2) is 11.5 Å². The van der Waals surface area contributed by atoms with E-state index < -0.39 is 68.6 Å². The summed E-state index contributed by atoms with van der Waals surface area (Å²) in [7, 11) is -7.05. The van der Waals surface area contributed by atoms with Gasteiger partial charge in [-0.2, -0.15) is 83.1 Å². The molecular weight excluding hydrogens is 599 g/mol. The van der Waals surface area contributed by atoms with Crippen LogP contribution in [0, 0.1) is 0 Å². The maximum Gasteiger partial charge on any atom is 0.460 e. The SMILES string of the molecule is COc1ccccc1OS(=O)(=O)C(F)(F)C(F)(F)C(F)(F)C(F)(F)C(F)(F)C(F)(F)C(F)(F)C(F)(F)F. The maximum absolute atomic E-state index is 14.0. The monoisotopic (exact) mass is 606 g/mol. The number of rotatable bonds is 10. The molecule has 0 aromatic heterocycles. The van der Waals surface area contributed by atoms with E-state index in [0.717, 1.165) is 6.07 Å². The van der Waals surface area contributed by atoms with Crippen LogP contribution in [-0.2, 0) is 10.1 Å². The minimum atomic E-state index is -8.91. The Morgan fingerprint density at radius 3 is 1.22 bits per heavy atom. The predicted octanol–water partition coefficient (Wildman–Crippen LogP) is 6.37. The van der Waals surface area contributed by atoms with E-state index in [9.17, 15) is 83.1 Å². The van der Waals surface area contributed by atoms with Crippen LogP contribution in [-0.4, -0.2) is 62.5 Å². The predicted molar refractivity (Wildman–Crippen MR) is 83.2 cm³/mol. The summed E-state index contributed by atoms with van der Waals surface area (Å²) in [5.74, 6) is -54.5. The van der Waals surface area contributed by atoms with Gasteiger partial charge in [0, 0.05) is 0 Å². The quantitative estimate of drug-likeness (QED) is 0.230. The van der Waals surface area contributed by atoms with E-state index in [2.05, 4.69) is 8.92 Å². The molecule has 0 saturated heterocycles. The van der Waals surface area contributed by atoms with E-state index in [1.54, 1.807) is 0 Å². The lowest BCUT2D eigenvalue weighted by atomic mass is 9.91. The molecule has 0 saturated carbocycles. The van der Waals surface area contributed by atoms with E-state index in [1.165, 1.54) is 0 Å². The lowest BCUT2D eigenvalue weighted by molar-refractivity contribution is -0.458. The van der Waals surface area contributed by atoms with Crippen molar-refractivity contribution in [2.75, 3.05) is 7.11 Å². The van der Waals surface area contributed by atoms with E-state index in [0.29, 0.717) is 25.3 Å². The Hall–Kier alpha value is -2.42. The van der Waals surface area contributed by atoms with Gasteiger partial charge in [-0.05, 0) is 12.1 Å². The van der Waals surface area contributed by atoms with Crippen molar-refractivity contribution in [1.29, 1.82) is 0 Å². The summed E-state index contributed by atoms with van der Waals surface area (Å²) in [6.45, 7) is 0. The van der Waals surface area contributed by atoms with Gasteiger partial charge in [-0.15, -0.1) is 0 Å². The summed E-state index contributed by atoms with van der Waals surface area (Å²) in [4.78, 5) is 0. The summed E-state index contributed by atoms with van der Waals surface area (Å²) in [5.41, 5.74) is 0. The molecule has 0 heterocycles. The zero-order valence-corrected chi connectivity index (χ0v) is 17.6. The third-order valence-electron chi connectivity index (χ3n) is 4.28. The molecule has 0 atom stereocenters. The molecule has 1 aromatic carbocycles. The highest BCUT2D eigenvalue weighted by molar-refractivity contribution is 7.88. The Morgan fingerprint density at radius 1 is 0.541 bits per heavy atom. The van der Waals surface area contributed by atoms with Crippen molar-refractivity contribution in [3.8, 4) is 11.5 Å². The van der Waals surface area contributed by atoms with Crippen LogP contribution in [0.25, 0.3) is 0 Å². The minimum Gasteiger partial charge on any atom is -0.493 e. The first-order valence-corrected chi connectivity index (χ1v) is 9.72. The van der Waals surface area contributed by atoms with Crippen LogP contribution >= 0.6 is 0 Å². The molecule has 0 N–H and O–H groups in total. The number of hydrogen-bond donors (Lipinski definition) is 0. The standard InChI is InChI=1S/C15H7F17O4S/c1-35-6-4-2-3-5-7(6)36-37(33,34)15(31,32)13(26,27)11(22,23)9(18,19)8(16,17)10(20,21)12(24,25)14(28,29)30/h2-5H,1H3. The first-order valence-electron chi connectivity index (χ1n) is 8.31. The molecule has 1 aromatic rings. The molecular formula is C15H7F17O4S. The second kappa shape index (κ2) is 8.82. The molecule has 0 bridgehead atoms. The number of halogens is 17. The minimum absolute atomic E-state index is 0.311. The van der Waals surface area contributed by atoms with Gasteiger partial charge in [-0.1, -0.05) is 12.1 Å².